The fourth-order valence-electron chi connectivity index (χ4n) is 1.97. The zero-order valence-electron chi connectivity index (χ0n) is 11.7. The molecule has 1 heterocycles. The molecule has 0 aliphatic heterocycles. The Balaban J connectivity index is 2.86. The van der Waals surface area contributed by atoms with Gasteiger partial charge in [-0.3, -0.25) is 14.4 Å². The van der Waals surface area contributed by atoms with Crippen molar-refractivity contribution >= 4 is 11.9 Å². The van der Waals surface area contributed by atoms with Crippen molar-refractivity contribution in [2.45, 2.75) is 39.5 Å². The van der Waals surface area contributed by atoms with Crippen molar-refractivity contribution < 1.29 is 14.7 Å². The molecule has 20 heavy (non-hydrogen) atoms. The van der Waals surface area contributed by atoms with Gasteiger partial charge in [-0.15, -0.1) is 0 Å². The number of aliphatic carboxylic acids is 1. The highest BCUT2D eigenvalue weighted by Crippen LogP contribution is 2.10. The third kappa shape index (κ3) is 3.91. The number of aromatic amines is 1. The van der Waals surface area contributed by atoms with Gasteiger partial charge < -0.3 is 10.4 Å². The van der Waals surface area contributed by atoms with E-state index >= 15 is 0 Å². The maximum Gasteiger partial charge on any atom is 0.303 e. The van der Waals surface area contributed by atoms with Gasteiger partial charge in [-0.2, -0.15) is 5.10 Å². The number of aromatic nitrogens is 2. The van der Waals surface area contributed by atoms with E-state index in [9.17, 15) is 14.4 Å². The Kier molecular flexibility index (Phi) is 5.89. The summed E-state index contributed by atoms with van der Waals surface area (Å²) >= 11 is 0. The second-order valence-electron chi connectivity index (χ2n) is 4.31. The van der Waals surface area contributed by atoms with Gasteiger partial charge in [0, 0.05) is 13.0 Å². The molecule has 0 saturated heterocycles. The first kappa shape index (κ1) is 15.9. The van der Waals surface area contributed by atoms with E-state index in [4.69, 9.17) is 5.11 Å². The minimum Gasteiger partial charge on any atom is -0.481 e. The van der Waals surface area contributed by atoms with Gasteiger partial charge in [-0.05, 0) is 24.8 Å². The van der Waals surface area contributed by atoms with Crippen LogP contribution in [0.25, 0.3) is 0 Å². The van der Waals surface area contributed by atoms with Gasteiger partial charge >= 0.3 is 5.97 Å². The minimum absolute atomic E-state index is 0.0200. The zero-order valence-corrected chi connectivity index (χ0v) is 11.7. The highest BCUT2D eigenvalue weighted by atomic mass is 16.4. The lowest BCUT2D eigenvalue weighted by molar-refractivity contribution is -0.137. The van der Waals surface area contributed by atoms with E-state index in [-0.39, 0.29) is 18.5 Å². The minimum atomic E-state index is -0.913. The van der Waals surface area contributed by atoms with Crippen molar-refractivity contribution in [3.8, 4) is 0 Å². The number of rotatable bonds is 7. The highest BCUT2D eigenvalue weighted by Gasteiger charge is 2.18. The van der Waals surface area contributed by atoms with Crippen molar-refractivity contribution in [3.05, 3.63) is 27.2 Å². The number of amides is 1. The predicted octanol–water partition coefficient (Wildman–Crippen LogP) is 0.489. The van der Waals surface area contributed by atoms with Crippen molar-refractivity contribution in [1.82, 2.24) is 15.5 Å². The molecule has 1 amide bonds. The van der Waals surface area contributed by atoms with Crippen LogP contribution < -0.4 is 10.9 Å². The summed E-state index contributed by atoms with van der Waals surface area (Å²) in [5.41, 5.74) is 0.902. The second kappa shape index (κ2) is 7.42. The topological polar surface area (TPSA) is 112 Å². The van der Waals surface area contributed by atoms with Crippen molar-refractivity contribution in [2.24, 2.45) is 0 Å². The lowest BCUT2D eigenvalue weighted by atomic mass is 10.0. The van der Waals surface area contributed by atoms with Crippen LogP contribution in [0.3, 0.4) is 0 Å². The van der Waals surface area contributed by atoms with Crippen LogP contribution in [0.5, 0.6) is 0 Å². The third-order valence-corrected chi connectivity index (χ3v) is 2.94. The van der Waals surface area contributed by atoms with Crippen LogP contribution >= 0.6 is 0 Å². The number of H-pyrrole nitrogens is 1. The van der Waals surface area contributed by atoms with E-state index in [0.717, 1.165) is 0 Å². The smallest absolute Gasteiger partial charge is 0.303 e. The van der Waals surface area contributed by atoms with E-state index < -0.39 is 17.4 Å². The van der Waals surface area contributed by atoms with Crippen molar-refractivity contribution in [1.29, 1.82) is 0 Å². The zero-order chi connectivity index (χ0) is 15.1. The molecular weight excluding hydrogens is 262 g/mol. The summed E-state index contributed by atoms with van der Waals surface area (Å²) < 4.78 is 0. The average molecular weight is 281 g/mol. The number of carboxylic acid groups (broad SMARTS) is 1. The Morgan fingerprint density at radius 2 is 2.00 bits per heavy atom. The van der Waals surface area contributed by atoms with Crippen LogP contribution in [0.1, 0.15) is 48.3 Å². The quantitative estimate of drug-likeness (QED) is 0.630. The molecule has 0 fully saturated rings. The molecular formula is C13H19N3O4. The monoisotopic (exact) mass is 281 g/mol. The maximum absolute atomic E-state index is 12.1. The highest BCUT2D eigenvalue weighted by molar-refractivity contribution is 5.95. The summed E-state index contributed by atoms with van der Waals surface area (Å²) in [4.78, 5) is 34.2. The Morgan fingerprint density at radius 1 is 1.30 bits per heavy atom. The lowest BCUT2D eigenvalue weighted by Crippen LogP contribution is -2.33. The van der Waals surface area contributed by atoms with Crippen LogP contribution in [-0.2, 0) is 17.6 Å². The number of carbonyl (C=O) groups is 2. The van der Waals surface area contributed by atoms with Crippen LogP contribution in [0.4, 0.5) is 0 Å². The molecule has 1 aromatic heterocycles. The number of nitrogens with zero attached hydrogens (tertiary/aromatic N) is 1. The molecule has 0 radical (unpaired) electrons. The van der Waals surface area contributed by atoms with Crippen LogP contribution in [0.15, 0.2) is 4.79 Å². The molecule has 0 saturated carbocycles. The number of nitrogens with one attached hydrogen (secondary N) is 2. The molecule has 0 bridgehead atoms. The molecule has 7 nitrogen and oxygen atoms in total. The van der Waals surface area contributed by atoms with Gasteiger partial charge in [0.15, 0.2) is 0 Å². The van der Waals surface area contributed by atoms with E-state index in [0.29, 0.717) is 30.5 Å². The Hall–Kier alpha value is -2.18. The predicted molar refractivity (Wildman–Crippen MR) is 72.8 cm³/mol. The Bertz CT molecular complexity index is 551. The largest absolute Gasteiger partial charge is 0.481 e. The SMILES string of the molecule is CCc1n[nH]c(=O)c(C(=O)NCCCC(=O)O)c1CC. The number of carbonyl (C=O) groups excluding carboxylic acids is 1. The van der Waals surface area contributed by atoms with Crippen molar-refractivity contribution in [3.63, 3.8) is 0 Å². The van der Waals surface area contributed by atoms with Crippen LogP contribution in [-0.4, -0.2) is 33.7 Å². The first-order valence-electron chi connectivity index (χ1n) is 6.61. The van der Waals surface area contributed by atoms with Gasteiger partial charge in [0.05, 0.1) is 5.69 Å². The number of aryl methyl sites for hydroxylation is 1. The molecule has 0 aliphatic rings. The number of carboxylic acids is 1. The van der Waals surface area contributed by atoms with Gasteiger partial charge in [0.2, 0.25) is 0 Å². The van der Waals surface area contributed by atoms with E-state index in [2.05, 4.69) is 15.5 Å². The second-order valence-corrected chi connectivity index (χ2v) is 4.31. The first-order chi connectivity index (χ1) is 9.51. The fourth-order valence-corrected chi connectivity index (χ4v) is 1.97. The lowest BCUT2D eigenvalue weighted by Gasteiger charge is -2.10. The molecule has 0 unspecified atom stereocenters. The summed E-state index contributed by atoms with van der Waals surface area (Å²) in [6.07, 6.45) is 1.47. The first-order valence-corrected chi connectivity index (χ1v) is 6.61. The van der Waals surface area contributed by atoms with E-state index in [1.807, 2.05) is 13.8 Å². The van der Waals surface area contributed by atoms with Gasteiger partial charge in [-0.25, -0.2) is 5.10 Å². The molecule has 7 heteroatoms. The molecule has 0 aromatic carbocycles. The molecule has 0 aliphatic carbocycles. The molecule has 110 valence electrons. The number of hydrogen-bond acceptors (Lipinski definition) is 4. The van der Waals surface area contributed by atoms with Gasteiger partial charge in [0.25, 0.3) is 11.5 Å². The van der Waals surface area contributed by atoms with Crippen LogP contribution in [0.2, 0.25) is 0 Å². The molecule has 3 N–H and O–H groups in total. The van der Waals surface area contributed by atoms with Gasteiger partial charge in [0.1, 0.15) is 5.56 Å². The Labute approximate surface area is 116 Å². The summed E-state index contributed by atoms with van der Waals surface area (Å²) in [6.45, 7) is 3.97. The summed E-state index contributed by atoms with van der Waals surface area (Å²) in [5, 5.41) is 17.3. The molecule has 1 rings (SSSR count). The summed E-state index contributed by atoms with van der Waals surface area (Å²) in [7, 11) is 0. The summed E-state index contributed by atoms with van der Waals surface area (Å²) in [6, 6.07) is 0. The van der Waals surface area contributed by atoms with Crippen molar-refractivity contribution in [2.75, 3.05) is 6.54 Å². The summed E-state index contributed by atoms with van der Waals surface area (Å²) in [5.74, 6) is -1.39. The van der Waals surface area contributed by atoms with Crippen LogP contribution in [0, 0.1) is 0 Å². The normalized spacial score (nSPS) is 10.3. The van der Waals surface area contributed by atoms with E-state index in [1.54, 1.807) is 0 Å². The van der Waals surface area contributed by atoms with E-state index in [1.165, 1.54) is 0 Å². The standard InChI is InChI=1S/C13H19N3O4/c1-3-8-9(4-2)15-16-13(20)11(8)12(19)14-7-5-6-10(17)18/h3-7H2,1-2H3,(H,14,19)(H,16,20)(H,17,18). The molecule has 0 spiro atoms. The number of hydrogen-bond donors (Lipinski definition) is 3. The van der Waals surface area contributed by atoms with Gasteiger partial charge in [-0.1, -0.05) is 13.8 Å². The maximum atomic E-state index is 12.1. The fraction of sp³-hybridized carbons (Fsp3) is 0.538. The average Bonchev–Trinajstić information content (AvgIpc) is 2.42. The third-order valence-electron chi connectivity index (χ3n) is 2.94. The molecule has 0 atom stereocenters. The Morgan fingerprint density at radius 3 is 2.55 bits per heavy atom. The molecule has 1 aromatic rings.